The number of alkyl halides is 1. The highest BCUT2D eigenvalue weighted by Crippen LogP contribution is 2.27. The zero-order valence-corrected chi connectivity index (χ0v) is 9.22. The fraction of sp³-hybridized carbons (Fsp3) is 0.250. The van der Waals surface area contributed by atoms with Gasteiger partial charge in [0.05, 0.1) is 9.95 Å². The van der Waals surface area contributed by atoms with Crippen LogP contribution in [-0.2, 0) is 5.33 Å². The highest BCUT2D eigenvalue weighted by Gasteiger charge is 2.13. The van der Waals surface area contributed by atoms with Crippen molar-refractivity contribution in [2.45, 2.75) is 12.3 Å². The maximum Gasteiger partial charge on any atom is 0.273 e. The molecule has 0 spiro atoms. The van der Waals surface area contributed by atoms with E-state index in [0.29, 0.717) is 15.9 Å². The minimum absolute atomic E-state index is 0.0645. The average Bonchev–Trinajstić information content (AvgIpc) is 2.07. The van der Waals surface area contributed by atoms with Crippen LogP contribution in [-0.4, -0.2) is 4.92 Å². The molecule has 0 amide bonds. The van der Waals surface area contributed by atoms with E-state index in [1.165, 1.54) is 6.07 Å². The summed E-state index contributed by atoms with van der Waals surface area (Å²) in [7, 11) is 0. The second-order valence-corrected chi connectivity index (χ2v) is 3.59. The van der Waals surface area contributed by atoms with E-state index < -0.39 is 4.92 Å². The number of aryl methyl sites for hydroxylation is 1. The molecule has 1 rings (SSSR count). The fourth-order valence-electron chi connectivity index (χ4n) is 1.03. The van der Waals surface area contributed by atoms with E-state index >= 15 is 0 Å². The molecule has 70 valence electrons. The van der Waals surface area contributed by atoms with Crippen LogP contribution in [0.4, 0.5) is 5.69 Å². The zero-order chi connectivity index (χ0) is 10.0. The van der Waals surface area contributed by atoms with E-state index in [2.05, 4.69) is 15.9 Å². The van der Waals surface area contributed by atoms with Crippen LogP contribution < -0.4 is 0 Å². The van der Waals surface area contributed by atoms with Crippen LogP contribution in [0, 0.1) is 17.0 Å². The number of hydrogen-bond acceptors (Lipinski definition) is 2. The van der Waals surface area contributed by atoms with E-state index in [1.54, 1.807) is 13.0 Å². The Balaban J connectivity index is 3.28. The smallest absolute Gasteiger partial charge is 0.258 e. The van der Waals surface area contributed by atoms with Crippen molar-refractivity contribution in [3.63, 3.8) is 0 Å². The number of nitro groups is 1. The maximum absolute atomic E-state index is 10.5. The van der Waals surface area contributed by atoms with Gasteiger partial charge in [-0.25, -0.2) is 0 Å². The first-order chi connectivity index (χ1) is 6.06. The van der Waals surface area contributed by atoms with Crippen LogP contribution in [0.15, 0.2) is 12.1 Å². The first-order valence-electron chi connectivity index (χ1n) is 3.55. The van der Waals surface area contributed by atoms with Crippen LogP contribution >= 0.6 is 27.5 Å². The Morgan fingerprint density at radius 3 is 2.69 bits per heavy atom. The summed E-state index contributed by atoms with van der Waals surface area (Å²) in [5, 5.41) is 11.5. The minimum Gasteiger partial charge on any atom is -0.258 e. The van der Waals surface area contributed by atoms with Gasteiger partial charge in [-0.3, -0.25) is 10.1 Å². The molecule has 3 nitrogen and oxygen atoms in total. The Morgan fingerprint density at radius 2 is 2.23 bits per heavy atom. The van der Waals surface area contributed by atoms with E-state index in [-0.39, 0.29) is 5.69 Å². The molecule has 0 unspecified atom stereocenters. The molecule has 13 heavy (non-hydrogen) atoms. The van der Waals surface area contributed by atoms with Crippen LogP contribution in [0.5, 0.6) is 0 Å². The quantitative estimate of drug-likeness (QED) is 0.466. The molecule has 0 saturated heterocycles. The minimum atomic E-state index is -0.431. The Labute approximate surface area is 89.0 Å². The fourth-order valence-corrected chi connectivity index (χ4v) is 1.88. The molecule has 0 bridgehead atoms. The lowest BCUT2D eigenvalue weighted by Crippen LogP contribution is -1.93. The van der Waals surface area contributed by atoms with Gasteiger partial charge in [0.15, 0.2) is 0 Å². The third-order valence-corrected chi connectivity index (χ3v) is 2.66. The summed E-state index contributed by atoms with van der Waals surface area (Å²) in [6.45, 7) is 1.70. The molecular weight excluding hydrogens is 257 g/mol. The van der Waals surface area contributed by atoms with Gasteiger partial charge in [0.25, 0.3) is 5.69 Å². The third kappa shape index (κ3) is 2.19. The number of nitrogens with zero attached hydrogens (tertiary/aromatic N) is 1. The lowest BCUT2D eigenvalue weighted by Gasteiger charge is -2.02. The number of rotatable bonds is 2. The van der Waals surface area contributed by atoms with Crippen LogP contribution in [0.3, 0.4) is 0 Å². The first kappa shape index (κ1) is 10.5. The second kappa shape index (κ2) is 4.07. The number of nitro benzene ring substituents is 1. The van der Waals surface area contributed by atoms with Crippen molar-refractivity contribution in [1.29, 1.82) is 0 Å². The molecule has 0 atom stereocenters. The summed E-state index contributed by atoms with van der Waals surface area (Å²) in [5.41, 5.74) is 1.56. The molecule has 0 fully saturated rings. The highest BCUT2D eigenvalue weighted by molar-refractivity contribution is 9.08. The predicted octanol–water partition coefficient (Wildman–Crippen LogP) is 3.45. The summed E-state index contributed by atoms with van der Waals surface area (Å²) < 4.78 is 0. The molecule has 0 aliphatic rings. The molecule has 0 saturated carbocycles. The number of hydrogen-bond donors (Lipinski definition) is 0. The highest BCUT2D eigenvalue weighted by atomic mass is 79.9. The molecule has 1 aromatic carbocycles. The number of halogens is 2. The number of benzene rings is 1. The average molecular weight is 265 g/mol. The Bertz CT molecular complexity index is 354. The maximum atomic E-state index is 10.5. The van der Waals surface area contributed by atoms with Crippen molar-refractivity contribution in [2.75, 3.05) is 0 Å². The van der Waals surface area contributed by atoms with E-state index in [4.69, 9.17) is 11.6 Å². The van der Waals surface area contributed by atoms with Gasteiger partial charge < -0.3 is 0 Å². The lowest BCUT2D eigenvalue weighted by atomic mass is 10.1. The van der Waals surface area contributed by atoms with Crippen molar-refractivity contribution >= 4 is 33.2 Å². The molecule has 0 aromatic heterocycles. The topological polar surface area (TPSA) is 43.1 Å². The molecule has 0 radical (unpaired) electrons. The molecule has 0 heterocycles. The lowest BCUT2D eigenvalue weighted by molar-refractivity contribution is -0.385. The standard InChI is InChI=1S/C8H7BrClNO2/c1-5-2-6(4-9)7(10)3-8(5)11(12)13/h2-3H,4H2,1H3. The summed E-state index contributed by atoms with van der Waals surface area (Å²) in [4.78, 5) is 10.1. The predicted molar refractivity (Wildman–Crippen MR) is 55.5 cm³/mol. The van der Waals surface area contributed by atoms with E-state index in [0.717, 1.165) is 5.56 Å². The van der Waals surface area contributed by atoms with Crippen molar-refractivity contribution < 1.29 is 4.92 Å². The van der Waals surface area contributed by atoms with Gasteiger partial charge in [-0.05, 0) is 18.6 Å². The Hall–Kier alpha value is -0.610. The molecule has 0 aliphatic heterocycles. The van der Waals surface area contributed by atoms with Gasteiger partial charge in [0.1, 0.15) is 0 Å². The largest absolute Gasteiger partial charge is 0.273 e. The summed E-state index contributed by atoms with van der Waals surface area (Å²) >= 11 is 9.06. The van der Waals surface area contributed by atoms with Gasteiger partial charge in [-0.1, -0.05) is 27.5 Å². The molecule has 0 aliphatic carbocycles. The molecular formula is C8H7BrClNO2. The van der Waals surface area contributed by atoms with Crippen LogP contribution in [0.1, 0.15) is 11.1 Å². The SMILES string of the molecule is Cc1cc(CBr)c(Cl)cc1[N+](=O)[O-]. The van der Waals surface area contributed by atoms with Crippen molar-refractivity contribution in [3.8, 4) is 0 Å². The van der Waals surface area contributed by atoms with E-state index in [1.807, 2.05) is 0 Å². The van der Waals surface area contributed by atoms with Crippen LogP contribution in [0.2, 0.25) is 5.02 Å². The summed E-state index contributed by atoms with van der Waals surface area (Å²) in [6.07, 6.45) is 0. The van der Waals surface area contributed by atoms with Crippen molar-refractivity contribution in [2.24, 2.45) is 0 Å². The van der Waals surface area contributed by atoms with Gasteiger partial charge >= 0.3 is 0 Å². The Kier molecular flexibility index (Phi) is 3.27. The molecule has 0 N–H and O–H groups in total. The first-order valence-corrected chi connectivity index (χ1v) is 5.05. The summed E-state index contributed by atoms with van der Waals surface area (Å²) in [5.74, 6) is 0. The molecule has 1 aromatic rings. The van der Waals surface area contributed by atoms with Gasteiger partial charge in [-0.2, -0.15) is 0 Å². The van der Waals surface area contributed by atoms with Gasteiger partial charge in [0, 0.05) is 17.0 Å². The third-order valence-electron chi connectivity index (χ3n) is 1.71. The van der Waals surface area contributed by atoms with E-state index in [9.17, 15) is 10.1 Å². The van der Waals surface area contributed by atoms with Gasteiger partial charge in [0.2, 0.25) is 0 Å². The molecule has 5 heteroatoms. The summed E-state index contributed by atoms with van der Waals surface area (Å²) in [6, 6.07) is 3.10. The van der Waals surface area contributed by atoms with Crippen molar-refractivity contribution in [1.82, 2.24) is 0 Å². The van der Waals surface area contributed by atoms with Crippen LogP contribution in [0.25, 0.3) is 0 Å². The van der Waals surface area contributed by atoms with Gasteiger partial charge in [-0.15, -0.1) is 0 Å². The normalized spacial score (nSPS) is 10.1. The monoisotopic (exact) mass is 263 g/mol. The van der Waals surface area contributed by atoms with Crippen molar-refractivity contribution in [3.05, 3.63) is 38.4 Å². The Morgan fingerprint density at radius 1 is 1.62 bits per heavy atom. The second-order valence-electron chi connectivity index (χ2n) is 2.62. The zero-order valence-electron chi connectivity index (χ0n) is 6.88.